The molecule has 4 nitrogen and oxygen atoms in total. The largest absolute Gasteiger partial charge is 0.476 e. The monoisotopic (exact) mass is 346 g/mol. The minimum absolute atomic E-state index is 0.148. The van der Waals surface area contributed by atoms with Crippen molar-refractivity contribution >= 4 is 17.6 Å². The van der Waals surface area contributed by atoms with Gasteiger partial charge in [0.2, 0.25) is 0 Å². The second kappa shape index (κ2) is 6.98. The highest BCUT2D eigenvalue weighted by Gasteiger charge is 2.23. The molecule has 1 aromatic carbocycles. The molecule has 5 heteroatoms. The molecule has 0 bridgehead atoms. The van der Waals surface area contributed by atoms with Crippen LogP contribution in [0.25, 0.3) is 11.4 Å². The summed E-state index contributed by atoms with van der Waals surface area (Å²) in [6.45, 7) is 4.67. The smallest absolute Gasteiger partial charge is 0.356 e. The average molecular weight is 347 g/mol. The van der Waals surface area contributed by atoms with Gasteiger partial charge in [-0.3, -0.25) is 0 Å². The third-order valence-corrected chi connectivity index (χ3v) is 5.25. The quantitative estimate of drug-likeness (QED) is 0.838. The topological polar surface area (TPSA) is 55.1 Å². The summed E-state index contributed by atoms with van der Waals surface area (Å²) in [5, 5.41) is 10.2. The van der Waals surface area contributed by atoms with Crippen molar-refractivity contribution in [2.24, 2.45) is 5.92 Å². The summed E-state index contributed by atoms with van der Waals surface area (Å²) in [6, 6.07) is 5.66. The summed E-state index contributed by atoms with van der Waals surface area (Å²) < 4.78 is 2.09. The van der Waals surface area contributed by atoms with Crippen molar-refractivity contribution in [3.63, 3.8) is 0 Å². The maximum atomic E-state index is 11.6. The molecule has 1 aromatic heterocycles. The number of hydrogen-bond acceptors (Lipinski definition) is 2. The Balaban J connectivity index is 2.06. The fourth-order valence-corrected chi connectivity index (χ4v) is 3.90. The zero-order valence-electron chi connectivity index (χ0n) is 14.2. The molecule has 0 unspecified atom stereocenters. The zero-order chi connectivity index (χ0) is 17.3. The third kappa shape index (κ3) is 3.34. The number of hydrogen-bond donors (Lipinski definition) is 1. The second-order valence-electron chi connectivity index (χ2n) is 6.75. The van der Waals surface area contributed by atoms with Crippen molar-refractivity contribution in [2.45, 2.75) is 52.5 Å². The van der Waals surface area contributed by atoms with E-state index in [1.807, 2.05) is 32.0 Å². The van der Waals surface area contributed by atoms with Gasteiger partial charge in [-0.15, -0.1) is 0 Å². The summed E-state index contributed by atoms with van der Waals surface area (Å²) in [6.07, 6.45) is 6.25. The van der Waals surface area contributed by atoms with Crippen LogP contribution in [0, 0.1) is 19.8 Å². The molecule has 0 amide bonds. The number of imidazole rings is 1. The molecule has 0 radical (unpaired) electrons. The fourth-order valence-electron chi connectivity index (χ4n) is 3.67. The van der Waals surface area contributed by atoms with Crippen LogP contribution in [0.15, 0.2) is 18.2 Å². The Hall–Kier alpha value is -1.81. The molecular weight excluding hydrogens is 324 g/mol. The average Bonchev–Trinajstić information content (AvgIpc) is 2.86. The first-order chi connectivity index (χ1) is 11.5. The Bertz CT molecular complexity index is 761. The van der Waals surface area contributed by atoms with E-state index in [0.717, 1.165) is 29.2 Å². The number of carboxylic acid groups (broad SMARTS) is 1. The van der Waals surface area contributed by atoms with E-state index >= 15 is 0 Å². The van der Waals surface area contributed by atoms with Crippen molar-refractivity contribution in [3.05, 3.63) is 40.2 Å². The lowest BCUT2D eigenvalue weighted by atomic mass is 9.89. The van der Waals surface area contributed by atoms with E-state index in [1.165, 1.54) is 32.1 Å². The fraction of sp³-hybridized carbons (Fsp3) is 0.474. The van der Waals surface area contributed by atoms with Gasteiger partial charge in [-0.05, 0) is 56.4 Å². The molecule has 1 heterocycles. The molecule has 1 aliphatic rings. The lowest BCUT2D eigenvalue weighted by molar-refractivity contribution is 0.0690. The Kier molecular flexibility index (Phi) is 4.95. The van der Waals surface area contributed by atoms with E-state index in [0.29, 0.717) is 10.9 Å². The predicted molar refractivity (Wildman–Crippen MR) is 95.7 cm³/mol. The number of benzene rings is 1. The number of aromatic carboxylic acids is 1. The summed E-state index contributed by atoms with van der Waals surface area (Å²) in [5.74, 6) is 0.368. The van der Waals surface area contributed by atoms with Crippen molar-refractivity contribution < 1.29 is 9.90 Å². The van der Waals surface area contributed by atoms with Gasteiger partial charge in [0.1, 0.15) is 5.82 Å². The SMILES string of the molecule is Cc1cc(Cl)ccc1-c1nc(C(=O)O)c(C)n1CC1CCCCC1. The number of aromatic nitrogens is 2. The van der Waals surface area contributed by atoms with Crippen LogP contribution < -0.4 is 0 Å². The molecule has 0 saturated heterocycles. The number of carbonyl (C=O) groups is 1. The maximum absolute atomic E-state index is 11.6. The first kappa shape index (κ1) is 17.0. The van der Waals surface area contributed by atoms with Crippen LogP contribution >= 0.6 is 11.6 Å². The number of rotatable bonds is 4. The van der Waals surface area contributed by atoms with E-state index < -0.39 is 5.97 Å². The van der Waals surface area contributed by atoms with Crippen molar-refractivity contribution in [3.8, 4) is 11.4 Å². The van der Waals surface area contributed by atoms with Crippen LogP contribution in [-0.4, -0.2) is 20.6 Å². The predicted octanol–water partition coefficient (Wildman–Crippen LogP) is 5.10. The van der Waals surface area contributed by atoms with Gasteiger partial charge in [-0.1, -0.05) is 30.9 Å². The molecule has 1 saturated carbocycles. The van der Waals surface area contributed by atoms with E-state index in [4.69, 9.17) is 11.6 Å². The van der Waals surface area contributed by atoms with E-state index in [9.17, 15) is 9.90 Å². The molecular formula is C19H23ClN2O2. The van der Waals surface area contributed by atoms with Gasteiger partial charge in [0, 0.05) is 22.8 Å². The maximum Gasteiger partial charge on any atom is 0.356 e. The first-order valence-corrected chi connectivity index (χ1v) is 8.92. The van der Waals surface area contributed by atoms with Crippen LogP contribution in [0.2, 0.25) is 5.02 Å². The Morgan fingerprint density at radius 3 is 2.62 bits per heavy atom. The second-order valence-corrected chi connectivity index (χ2v) is 7.18. The van der Waals surface area contributed by atoms with Crippen LogP contribution in [0.5, 0.6) is 0 Å². The van der Waals surface area contributed by atoms with Crippen LogP contribution in [-0.2, 0) is 6.54 Å². The van der Waals surface area contributed by atoms with E-state index in [1.54, 1.807) is 0 Å². The number of nitrogens with zero attached hydrogens (tertiary/aromatic N) is 2. The number of carboxylic acids is 1. The minimum Gasteiger partial charge on any atom is -0.476 e. The minimum atomic E-state index is -0.970. The number of halogens is 1. The zero-order valence-corrected chi connectivity index (χ0v) is 14.9. The van der Waals surface area contributed by atoms with Gasteiger partial charge in [0.05, 0.1) is 0 Å². The van der Waals surface area contributed by atoms with Crippen LogP contribution in [0.4, 0.5) is 0 Å². The van der Waals surface area contributed by atoms with E-state index in [2.05, 4.69) is 9.55 Å². The van der Waals surface area contributed by atoms with Gasteiger partial charge in [0.25, 0.3) is 0 Å². The van der Waals surface area contributed by atoms with Crippen LogP contribution in [0.3, 0.4) is 0 Å². The molecule has 3 rings (SSSR count). The molecule has 0 spiro atoms. The summed E-state index contributed by atoms with van der Waals surface area (Å²) in [4.78, 5) is 16.0. The molecule has 128 valence electrons. The summed E-state index contributed by atoms with van der Waals surface area (Å²) in [7, 11) is 0. The standard InChI is InChI=1S/C19H23ClN2O2/c1-12-10-15(20)8-9-16(12)18-21-17(19(23)24)13(2)22(18)11-14-6-4-3-5-7-14/h8-10,14H,3-7,11H2,1-2H3,(H,23,24). The Morgan fingerprint density at radius 2 is 2.00 bits per heavy atom. The Labute approximate surface area is 147 Å². The summed E-state index contributed by atoms with van der Waals surface area (Å²) in [5.41, 5.74) is 2.84. The van der Waals surface area contributed by atoms with Crippen molar-refractivity contribution in [1.82, 2.24) is 9.55 Å². The van der Waals surface area contributed by atoms with Crippen molar-refractivity contribution in [1.29, 1.82) is 0 Å². The number of aryl methyl sites for hydroxylation is 1. The summed E-state index contributed by atoms with van der Waals surface area (Å²) >= 11 is 6.07. The van der Waals surface area contributed by atoms with E-state index in [-0.39, 0.29) is 5.69 Å². The van der Waals surface area contributed by atoms with Gasteiger partial charge in [-0.25, -0.2) is 9.78 Å². The normalized spacial score (nSPS) is 15.6. The molecule has 1 fully saturated rings. The third-order valence-electron chi connectivity index (χ3n) is 5.02. The van der Waals surface area contributed by atoms with Gasteiger partial charge < -0.3 is 9.67 Å². The molecule has 2 aromatic rings. The highest BCUT2D eigenvalue weighted by atomic mass is 35.5. The molecule has 0 atom stereocenters. The Morgan fingerprint density at radius 1 is 1.29 bits per heavy atom. The highest BCUT2D eigenvalue weighted by Crippen LogP contribution is 2.31. The lowest BCUT2D eigenvalue weighted by Gasteiger charge is -2.24. The van der Waals surface area contributed by atoms with Gasteiger partial charge in [0.15, 0.2) is 5.69 Å². The van der Waals surface area contributed by atoms with Crippen LogP contribution in [0.1, 0.15) is 53.8 Å². The molecule has 24 heavy (non-hydrogen) atoms. The molecule has 1 N–H and O–H groups in total. The van der Waals surface area contributed by atoms with Gasteiger partial charge in [-0.2, -0.15) is 0 Å². The van der Waals surface area contributed by atoms with Crippen molar-refractivity contribution in [2.75, 3.05) is 0 Å². The molecule has 0 aliphatic heterocycles. The highest BCUT2D eigenvalue weighted by molar-refractivity contribution is 6.30. The first-order valence-electron chi connectivity index (χ1n) is 8.54. The molecule has 1 aliphatic carbocycles. The van der Waals surface area contributed by atoms with Gasteiger partial charge >= 0.3 is 5.97 Å². The lowest BCUT2D eigenvalue weighted by Crippen LogP contribution is -2.16.